The maximum atomic E-state index is 12.4. The average molecular weight is 348 g/mol. The van der Waals surface area contributed by atoms with Gasteiger partial charge in [-0.2, -0.15) is 0 Å². The molecule has 0 unspecified atom stereocenters. The number of hydrogen-bond acceptors (Lipinski definition) is 4. The molecule has 3 N–H and O–H groups in total. The number of carbonyl (C=O) groups is 1. The van der Waals surface area contributed by atoms with E-state index in [4.69, 9.17) is 0 Å². The maximum absolute atomic E-state index is 12.4. The molecule has 132 valence electrons. The summed E-state index contributed by atoms with van der Waals surface area (Å²) < 4.78 is 0. The van der Waals surface area contributed by atoms with Crippen LogP contribution in [0.1, 0.15) is 16.8 Å². The third-order valence-corrected chi connectivity index (χ3v) is 4.51. The van der Waals surface area contributed by atoms with E-state index >= 15 is 0 Å². The first-order chi connectivity index (χ1) is 12.5. The van der Waals surface area contributed by atoms with E-state index in [0.29, 0.717) is 29.9 Å². The molecule has 0 amide bonds. The summed E-state index contributed by atoms with van der Waals surface area (Å²) in [6.45, 7) is 0.717. The number of ketones is 1. The number of hydrogen-bond donors (Lipinski definition) is 3. The summed E-state index contributed by atoms with van der Waals surface area (Å²) >= 11 is 0. The summed E-state index contributed by atoms with van der Waals surface area (Å²) in [6, 6.07) is 13.1. The van der Waals surface area contributed by atoms with Crippen molar-refractivity contribution in [1.29, 1.82) is 0 Å². The molecule has 0 saturated carbocycles. The molecule has 0 saturated heterocycles. The van der Waals surface area contributed by atoms with Crippen molar-refractivity contribution in [2.75, 3.05) is 20.6 Å². The molecule has 0 aliphatic carbocycles. The second kappa shape index (κ2) is 6.31. The summed E-state index contributed by atoms with van der Waals surface area (Å²) in [7, 11) is 3.90. The van der Waals surface area contributed by atoms with E-state index in [1.165, 1.54) is 0 Å². The van der Waals surface area contributed by atoms with Crippen LogP contribution in [-0.2, 0) is 0 Å². The molecule has 4 aromatic rings. The highest BCUT2D eigenvalue weighted by atomic mass is 16.3. The fourth-order valence-corrected chi connectivity index (χ4v) is 3.14. The summed E-state index contributed by atoms with van der Waals surface area (Å²) in [5.41, 5.74) is 3.68. The molecule has 6 heteroatoms. The van der Waals surface area contributed by atoms with Crippen molar-refractivity contribution in [3.63, 3.8) is 0 Å². The smallest absolute Gasteiger partial charge is 0.200 e. The van der Waals surface area contributed by atoms with E-state index in [1.807, 2.05) is 55.4 Å². The molecule has 2 aromatic carbocycles. The Morgan fingerprint density at radius 1 is 1.12 bits per heavy atom. The Hall–Kier alpha value is -3.12. The molecule has 2 aromatic heterocycles. The molecule has 0 radical (unpaired) electrons. The zero-order valence-corrected chi connectivity index (χ0v) is 14.7. The molecule has 0 atom stereocenters. The van der Waals surface area contributed by atoms with Crippen LogP contribution >= 0.6 is 0 Å². The number of benzene rings is 2. The highest BCUT2D eigenvalue weighted by Gasteiger charge is 2.17. The average Bonchev–Trinajstić information content (AvgIpc) is 3.17. The van der Waals surface area contributed by atoms with Crippen LogP contribution in [0.15, 0.2) is 42.5 Å². The molecular formula is C20H20N4O2. The SMILES string of the molecule is CN(C)CCC(=O)c1ccc2nc(-c3c(O)[nH]c4ccccc34)[nH]c2c1. The quantitative estimate of drug-likeness (QED) is 0.482. The minimum atomic E-state index is 0.0764. The molecule has 0 spiro atoms. The van der Waals surface area contributed by atoms with Crippen LogP contribution in [0, 0.1) is 0 Å². The van der Waals surface area contributed by atoms with Crippen molar-refractivity contribution >= 4 is 27.7 Å². The number of aromatic hydroxyl groups is 1. The van der Waals surface area contributed by atoms with Crippen LogP contribution in [-0.4, -0.2) is 51.4 Å². The van der Waals surface area contributed by atoms with Crippen molar-refractivity contribution in [3.05, 3.63) is 48.0 Å². The number of rotatable bonds is 5. The van der Waals surface area contributed by atoms with Crippen LogP contribution < -0.4 is 0 Å². The second-order valence-electron chi connectivity index (χ2n) is 6.69. The first kappa shape index (κ1) is 16.4. The maximum Gasteiger partial charge on any atom is 0.200 e. The molecule has 0 aliphatic rings. The van der Waals surface area contributed by atoms with Crippen molar-refractivity contribution in [3.8, 4) is 17.3 Å². The van der Waals surface area contributed by atoms with E-state index in [2.05, 4.69) is 15.0 Å². The highest BCUT2D eigenvalue weighted by molar-refractivity contribution is 6.01. The minimum Gasteiger partial charge on any atom is -0.494 e. The molecule has 0 aliphatic heterocycles. The van der Waals surface area contributed by atoms with Crippen LogP contribution in [0.25, 0.3) is 33.3 Å². The third-order valence-electron chi connectivity index (χ3n) is 4.51. The lowest BCUT2D eigenvalue weighted by atomic mass is 10.1. The Kier molecular flexibility index (Phi) is 3.97. The molecule has 6 nitrogen and oxygen atoms in total. The minimum absolute atomic E-state index is 0.0764. The number of aromatic nitrogens is 3. The van der Waals surface area contributed by atoms with Gasteiger partial charge in [0.25, 0.3) is 0 Å². The predicted molar refractivity (Wildman–Crippen MR) is 103 cm³/mol. The van der Waals surface area contributed by atoms with Crippen LogP contribution in [0.2, 0.25) is 0 Å². The lowest BCUT2D eigenvalue weighted by molar-refractivity contribution is 0.0972. The molecule has 0 fully saturated rings. The number of imidazole rings is 1. The Morgan fingerprint density at radius 3 is 2.73 bits per heavy atom. The van der Waals surface area contributed by atoms with E-state index in [9.17, 15) is 9.90 Å². The number of Topliss-reactive ketones (excluding diaryl/α,β-unsaturated/α-hetero) is 1. The topological polar surface area (TPSA) is 85.0 Å². The number of H-pyrrole nitrogens is 2. The molecular weight excluding hydrogens is 328 g/mol. The van der Waals surface area contributed by atoms with Gasteiger partial charge >= 0.3 is 0 Å². The Morgan fingerprint density at radius 2 is 1.92 bits per heavy atom. The van der Waals surface area contributed by atoms with Crippen molar-refractivity contribution in [2.45, 2.75) is 6.42 Å². The first-order valence-corrected chi connectivity index (χ1v) is 8.50. The van der Waals surface area contributed by atoms with Gasteiger partial charge in [0.15, 0.2) is 5.78 Å². The number of fused-ring (bicyclic) bond motifs is 2. The lowest BCUT2D eigenvalue weighted by Gasteiger charge is -2.08. The van der Waals surface area contributed by atoms with Crippen LogP contribution in [0.4, 0.5) is 0 Å². The number of nitrogens with one attached hydrogen (secondary N) is 2. The Balaban J connectivity index is 1.74. The van der Waals surface area contributed by atoms with Crippen molar-refractivity contribution in [1.82, 2.24) is 19.9 Å². The van der Waals surface area contributed by atoms with Crippen molar-refractivity contribution in [2.24, 2.45) is 0 Å². The van der Waals surface area contributed by atoms with Gasteiger partial charge in [0.05, 0.1) is 16.6 Å². The number of aromatic amines is 2. The van der Waals surface area contributed by atoms with Gasteiger partial charge in [0, 0.05) is 29.4 Å². The molecule has 26 heavy (non-hydrogen) atoms. The highest BCUT2D eigenvalue weighted by Crippen LogP contribution is 2.35. The van der Waals surface area contributed by atoms with Gasteiger partial charge in [-0.1, -0.05) is 18.2 Å². The second-order valence-corrected chi connectivity index (χ2v) is 6.69. The van der Waals surface area contributed by atoms with Gasteiger partial charge in [-0.05, 0) is 38.4 Å². The zero-order valence-electron chi connectivity index (χ0n) is 14.7. The molecule has 2 heterocycles. The normalized spacial score (nSPS) is 11.7. The van der Waals surface area contributed by atoms with Gasteiger partial charge in [0.2, 0.25) is 5.88 Å². The molecule has 4 rings (SSSR count). The van der Waals surface area contributed by atoms with Gasteiger partial charge in [-0.15, -0.1) is 0 Å². The van der Waals surface area contributed by atoms with Crippen molar-refractivity contribution < 1.29 is 9.90 Å². The molecule has 0 bridgehead atoms. The Bertz CT molecular complexity index is 1110. The largest absolute Gasteiger partial charge is 0.494 e. The van der Waals surface area contributed by atoms with Crippen LogP contribution in [0.5, 0.6) is 5.88 Å². The number of para-hydroxylation sites is 1. The first-order valence-electron chi connectivity index (χ1n) is 8.50. The summed E-state index contributed by atoms with van der Waals surface area (Å²) in [5, 5.41) is 11.2. The summed E-state index contributed by atoms with van der Waals surface area (Å²) in [6.07, 6.45) is 0.475. The fourth-order valence-electron chi connectivity index (χ4n) is 3.14. The number of nitrogens with zero attached hydrogens (tertiary/aromatic N) is 2. The van der Waals surface area contributed by atoms with Gasteiger partial charge < -0.3 is 20.0 Å². The summed E-state index contributed by atoms with van der Waals surface area (Å²) in [5.74, 6) is 0.757. The van der Waals surface area contributed by atoms with E-state index in [0.717, 1.165) is 21.9 Å². The Labute approximate surface area is 150 Å². The van der Waals surface area contributed by atoms with E-state index < -0.39 is 0 Å². The fraction of sp³-hybridized carbons (Fsp3) is 0.200. The monoisotopic (exact) mass is 348 g/mol. The standard InChI is InChI=1S/C20H20N4O2/c1-24(2)10-9-17(25)12-7-8-15-16(11-12)22-19(21-15)18-13-5-3-4-6-14(13)23-20(18)26/h3-8,11,23,26H,9-10H2,1-2H3,(H,21,22). The van der Waals surface area contributed by atoms with E-state index in [1.54, 1.807) is 6.07 Å². The predicted octanol–water partition coefficient (Wildman–Crippen LogP) is 3.55. The van der Waals surface area contributed by atoms with Gasteiger partial charge in [0.1, 0.15) is 5.82 Å². The lowest BCUT2D eigenvalue weighted by Crippen LogP contribution is -2.16. The zero-order chi connectivity index (χ0) is 18.3. The third kappa shape index (κ3) is 2.84. The van der Waals surface area contributed by atoms with E-state index in [-0.39, 0.29) is 11.7 Å². The summed E-state index contributed by atoms with van der Waals surface area (Å²) in [4.78, 5) is 25.1. The van der Waals surface area contributed by atoms with Gasteiger partial charge in [-0.3, -0.25) is 4.79 Å². The van der Waals surface area contributed by atoms with Gasteiger partial charge in [-0.25, -0.2) is 4.98 Å². The van der Waals surface area contributed by atoms with Crippen LogP contribution in [0.3, 0.4) is 0 Å². The number of carbonyl (C=O) groups excluding carboxylic acids is 1.